The van der Waals surface area contributed by atoms with Crippen LogP contribution in [-0.4, -0.2) is 5.91 Å². The van der Waals surface area contributed by atoms with Gasteiger partial charge in [0.25, 0.3) is 5.91 Å². The van der Waals surface area contributed by atoms with E-state index in [0.717, 1.165) is 26.9 Å². The van der Waals surface area contributed by atoms with Crippen molar-refractivity contribution in [3.63, 3.8) is 0 Å². The fourth-order valence-electron chi connectivity index (χ4n) is 2.91. The van der Waals surface area contributed by atoms with Crippen LogP contribution in [0.1, 0.15) is 16.7 Å². The highest BCUT2D eigenvalue weighted by atomic mass is 79.9. The molecular weight excluding hydrogens is 409 g/mol. The zero-order chi connectivity index (χ0) is 18.8. The average Bonchev–Trinajstić information content (AvgIpc) is 2.98. The van der Waals surface area contributed by atoms with E-state index in [2.05, 4.69) is 21.2 Å². The zero-order valence-corrected chi connectivity index (χ0v) is 15.8. The minimum absolute atomic E-state index is 0.107. The molecule has 0 bridgehead atoms. The third-order valence-corrected chi connectivity index (χ3v) is 4.90. The molecule has 0 aromatic heterocycles. The van der Waals surface area contributed by atoms with E-state index in [1.54, 1.807) is 12.1 Å². The molecule has 1 aliphatic rings. The Morgan fingerprint density at radius 3 is 2.59 bits per heavy atom. The molecule has 0 saturated carbocycles. The van der Waals surface area contributed by atoms with Gasteiger partial charge in [0.1, 0.15) is 18.2 Å². The SMILES string of the molecule is O=C1Nc2ccccc2C1=Cc1ccc(OCc2ccc(F)cc2)c(Br)c1. The van der Waals surface area contributed by atoms with Crippen LogP contribution in [-0.2, 0) is 11.4 Å². The van der Waals surface area contributed by atoms with Gasteiger partial charge in [0.15, 0.2) is 0 Å². The minimum Gasteiger partial charge on any atom is -0.488 e. The van der Waals surface area contributed by atoms with E-state index in [1.165, 1.54) is 12.1 Å². The predicted molar refractivity (Wildman–Crippen MR) is 108 cm³/mol. The molecule has 27 heavy (non-hydrogen) atoms. The number of ether oxygens (including phenoxy) is 1. The molecule has 0 spiro atoms. The highest BCUT2D eigenvalue weighted by Gasteiger charge is 2.23. The predicted octanol–water partition coefficient (Wildman–Crippen LogP) is 5.66. The van der Waals surface area contributed by atoms with Crippen molar-refractivity contribution in [2.24, 2.45) is 0 Å². The second-order valence-electron chi connectivity index (χ2n) is 6.16. The number of carbonyl (C=O) groups is 1. The lowest BCUT2D eigenvalue weighted by molar-refractivity contribution is -0.110. The van der Waals surface area contributed by atoms with E-state index in [0.29, 0.717) is 17.9 Å². The van der Waals surface area contributed by atoms with Crippen LogP contribution >= 0.6 is 15.9 Å². The molecule has 3 aromatic rings. The van der Waals surface area contributed by atoms with Crippen LogP contribution in [0.5, 0.6) is 5.75 Å². The summed E-state index contributed by atoms with van der Waals surface area (Å²) in [7, 11) is 0. The van der Waals surface area contributed by atoms with Gasteiger partial charge in [-0.25, -0.2) is 4.39 Å². The molecule has 5 heteroatoms. The smallest absolute Gasteiger partial charge is 0.256 e. The van der Waals surface area contributed by atoms with Gasteiger partial charge in [-0.2, -0.15) is 0 Å². The van der Waals surface area contributed by atoms with Crippen LogP contribution in [0.2, 0.25) is 0 Å². The van der Waals surface area contributed by atoms with Gasteiger partial charge in [-0.15, -0.1) is 0 Å². The maximum absolute atomic E-state index is 13.0. The first-order valence-electron chi connectivity index (χ1n) is 8.39. The number of fused-ring (bicyclic) bond motifs is 1. The lowest BCUT2D eigenvalue weighted by atomic mass is 10.0. The molecule has 0 unspecified atom stereocenters. The van der Waals surface area contributed by atoms with Crippen LogP contribution < -0.4 is 10.1 Å². The minimum atomic E-state index is -0.269. The Balaban J connectivity index is 1.53. The maximum Gasteiger partial charge on any atom is 0.256 e. The first-order chi connectivity index (χ1) is 13.1. The van der Waals surface area contributed by atoms with Crippen LogP contribution in [0, 0.1) is 5.82 Å². The number of hydrogen-bond donors (Lipinski definition) is 1. The lowest BCUT2D eigenvalue weighted by Gasteiger charge is -2.09. The van der Waals surface area contributed by atoms with Gasteiger partial charge in [0, 0.05) is 16.8 Å². The number of hydrogen-bond acceptors (Lipinski definition) is 2. The van der Waals surface area contributed by atoms with E-state index in [9.17, 15) is 9.18 Å². The van der Waals surface area contributed by atoms with Gasteiger partial charge in [-0.3, -0.25) is 4.79 Å². The molecule has 0 atom stereocenters. The monoisotopic (exact) mass is 423 g/mol. The number of nitrogens with one attached hydrogen (secondary N) is 1. The molecule has 4 rings (SSSR count). The molecule has 1 N–H and O–H groups in total. The molecule has 0 radical (unpaired) electrons. The van der Waals surface area contributed by atoms with Crippen LogP contribution in [0.15, 0.2) is 71.2 Å². The Morgan fingerprint density at radius 1 is 1.04 bits per heavy atom. The Kier molecular flexibility index (Phi) is 4.77. The number of rotatable bonds is 4. The van der Waals surface area contributed by atoms with Crippen molar-refractivity contribution >= 4 is 39.2 Å². The van der Waals surface area contributed by atoms with Gasteiger partial charge in [-0.1, -0.05) is 36.4 Å². The Labute approximate surface area is 164 Å². The number of benzene rings is 3. The summed E-state index contributed by atoms with van der Waals surface area (Å²) in [5, 5.41) is 2.87. The first-order valence-corrected chi connectivity index (χ1v) is 9.19. The van der Waals surface area contributed by atoms with Crippen molar-refractivity contribution in [2.75, 3.05) is 5.32 Å². The average molecular weight is 424 g/mol. The molecule has 1 heterocycles. The Hall–Kier alpha value is -2.92. The summed E-state index contributed by atoms with van der Waals surface area (Å²) < 4.78 is 19.5. The fraction of sp³-hybridized carbons (Fsp3) is 0.0455. The van der Waals surface area contributed by atoms with Crippen molar-refractivity contribution in [1.82, 2.24) is 0 Å². The number of anilines is 1. The first kappa shape index (κ1) is 17.5. The summed E-state index contributed by atoms with van der Waals surface area (Å²) in [6, 6.07) is 19.5. The maximum atomic E-state index is 13.0. The van der Waals surface area contributed by atoms with Crippen molar-refractivity contribution in [1.29, 1.82) is 0 Å². The van der Waals surface area contributed by atoms with Gasteiger partial charge in [0.05, 0.1) is 4.47 Å². The number of halogens is 2. The van der Waals surface area contributed by atoms with Crippen molar-refractivity contribution in [3.8, 4) is 5.75 Å². The number of para-hydroxylation sites is 1. The highest BCUT2D eigenvalue weighted by molar-refractivity contribution is 9.10. The molecule has 0 saturated heterocycles. The van der Waals surface area contributed by atoms with Crippen molar-refractivity contribution < 1.29 is 13.9 Å². The summed E-state index contributed by atoms with van der Waals surface area (Å²) in [4.78, 5) is 12.2. The largest absolute Gasteiger partial charge is 0.488 e. The quantitative estimate of drug-likeness (QED) is 0.549. The summed E-state index contributed by atoms with van der Waals surface area (Å²) >= 11 is 3.51. The Bertz CT molecular complexity index is 1040. The normalized spacial score (nSPS) is 14.1. The van der Waals surface area contributed by atoms with Gasteiger partial charge >= 0.3 is 0 Å². The summed E-state index contributed by atoms with van der Waals surface area (Å²) in [6.07, 6.45) is 1.86. The van der Waals surface area contributed by atoms with Crippen molar-refractivity contribution in [3.05, 3.63) is 93.7 Å². The van der Waals surface area contributed by atoms with Crippen LogP contribution in [0.3, 0.4) is 0 Å². The van der Waals surface area contributed by atoms with Crippen LogP contribution in [0.25, 0.3) is 11.6 Å². The molecule has 134 valence electrons. The third-order valence-electron chi connectivity index (χ3n) is 4.28. The lowest BCUT2D eigenvalue weighted by Crippen LogP contribution is -2.03. The second kappa shape index (κ2) is 7.37. The summed E-state index contributed by atoms with van der Waals surface area (Å²) in [5.41, 5.74) is 4.13. The molecule has 3 aromatic carbocycles. The van der Waals surface area contributed by atoms with E-state index in [-0.39, 0.29) is 11.7 Å². The molecule has 1 amide bonds. The summed E-state index contributed by atoms with van der Waals surface area (Å²) in [5.74, 6) is 0.302. The molecule has 0 fully saturated rings. The van der Waals surface area contributed by atoms with Crippen LogP contribution in [0.4, 0.5) is 10.1 Å². The molecule has 0 aliphatic carbocycles. The van der Waals surface area contributed by atoms with E-state index >= 15 is 0 Å². The molecule has 1 aliphatic heterocycles. The van der Waals surface area contributed by atoms with E-state index in [1.807, 2.05) is 48.5 Å². The Morgan fingerprint density at radius 2 is 1.81 bits per heavy atom. The standard InChI is InChI=1S/C22H15BrFNO2/c23-19-12-15(11-18-17-3-1-2-4-20(17)25-22(18)26)7-10-21(19)27-13-14-5-8-16(24)9-6-14/h1-12H,13H2,(H,25,26). The molecular formula is C22H15BrFNO2. The number of carbonyl (C=O) groups excluding carboxylic acids is 1. The second-order valence-corrected chi connectivity index (χ2v) is 7.02. The topological polar surface area (TPSA) is 38.3 Å². The van der Waals surface area contributed by atoms with E-state index in [4.69, 9.17) is 4.74 Å². The molecule has 3 nitrogen and oxygen atoms in total. The van der Waals surface area contributed by atoms with Crippen molar-refractivity contribution in [2.45, 2.75) is 6.61 Å². The van der Waals surface area contributed by atoms with E-state index < -0.39 is 0 Å². The van der Waals surface area contributed by atoms with Gasteiger partial charge in [-0.05, 0) is 63.5 Å². The third kappa shape index (κ3) is 3.78. The summed E-state index contributed by atoms with van der Waals surface area (Å²) in [6.45, 7) is 0.342. The fourth-order valence-corrected chi connectivity index (χ4v) is 3.43. The zero-order valence-electron chi connectivity index (χ0n) is 14.2. The number of amides is 1. The van der Waals surface area contributed by atoms with Gasteiger partial charge in [0.2, 0.25) is 0 Å². The highest BCUT2D eigenvalue weighted by Crippen LogP contribution is 2.34. The van der Waals surface area contributed by atoms with Gasteiger partial charge < -0.3 is 10.1 Å².